The molecule has 124 valence electrons. The van der Waals surface area contributed by atoms with Gasteiger partial charge in [0.2, 0.25) is 0 Å². The monoisotopic (exact) mass is 308 g/mol. The van der Waals surface area contributed by atoms with E-state index in [0.29, 0.717) is 22.2 Å². The Morgan fingerprint density at radius 1 is 0.524 bits per heavy atom. The maximum absolute atomic E-state index is 3.63. The Morgan fingerprint density at radius 2 is 0.714 bits per heavy atom. The Bertz CT molecular complexity index is 269. The second-order valence-corrected chi connectivity index (χ2v) is 9.49. The van der Waals surface area contributed by atoms with Gasteiger partial charge in [0.25, 0.3) is 0 Å². The minimum atomic E-state index is 0. The van der Waals surface area contributed by atoms with Gasteiger partial charge >= 0.3 is 23.1 Å². The van der Waals surface area contributed by atoms with Crippen molar-refractivity contribution in [1.82, 2.24) is 10.6 Å². The van der Waals surface area contributed by atoms with Crippen LogP contribution in [-0.2, 0) is 0 Å². The van der Waals surface area contributed by atoms with Crippen LogP contribution in [0.3, 0.4) is 0 Å². The molecule has 2 aliphatic heterocycles. The van der Waals surface area contributed by atoms with Crippen molar-refractivity contribution in [1.29, 1.82) is 0 Å². The Kier molecular flexibility index (Phi) is 7.75. The van der Waals surface area contributed by atoms with Gasteiger partial charge in [-0.2, -0.15) is 0 Å². The summed E-state index contributed by atoms with van der Waals surface area (Å²) in [6, 6.07) is 0. The topological polar surface area (TPSA) is 24.1 Å². The van der Waals surface area contributed by atoms with Crippen molar-refractivity contribution in [3.63, 3.8) is 0 Å². The molecule has 2 heterocycles. The zero-order chi connectivity index (χ0) is 15.7. The number of piperidine rings is 2. The second-order valence-electron chi connectivity index (χ2n) is 9.49. The van der Waals surface area contributed by atoms with Gasteiger partial charge in [-0.1, -0.05) is 0 Å². The summed E-state index contributed by atoms with van der Waals surface area (Å²) >= 11 is 0. The molecule has 0 aromatic carbocycles. The molecule has 2 fully saturated rings. The van der Waals surface area contributed by atoms with Crippen molar-refractivity contribution in [3.05, 3.63) is 0 Å². The first kappa shape index (κ1) is 21.7. The molecule has 0 aromatic heterocycles. The van der Waals surface area contributed by atoms with Gasteiger partial charge < -0.3 is 13.5 Å². The SMILES string of the molecule is CC1(C)CCCC(C)(C)N1.CC1(C)CCCC(C)(C)N1.[H-].[H-].[Mg+2]. The summed E-state index contributed by atoms with van der Waals surface area (Å²) in [6.45, 7) is 18.3. The summed E-state index contributed by atoms with van der Waals surface area (Å²) in [5, 5.41) is 7.26. The molecule has 0 aliphatic carbocycles. The molecular formula is C18H40MgN2. The molecule has 2 rings (SSSR count). The van der Waals surface area contributed by atoms with Crippen LogP contribution in [0.25, 0.3) is 0 Å². The van der Waals surface area contributed by atoms with E-state index in [4.69, 9.17) is 0 Å². The van der Waals surface area contributed by atoms with Crippen LogP contribution in [0, 0.1) is 0 Å². The van der Waals surface area contributed by atoms with Crippen LogP contribution in [0.15, 0.2) is 0 Å². The number of nitrogens with one attached hydrogen (secondary N) is 2. The molecule has 0 spiro atoms. The number of hydrogen-bond acceptors (Lipinski definition) is 2. The van der Waals surface area contributed by atoms with Gasteiger partial charge in [-0.05, 0) is 93.9 Å². The summed E-state index contributed by atoms with van der Waals surface area (Å²) in [5.74, 6) is 0. The Balaban J connectivity index is -0.000000308. The first-order valence-corrected chi connectivity index (χ1v) is 8.41. The van der Waals surface area contributed by atoms with Crippen LogP contribution in [0.4, 0.5) is 0 Å². The quantitative estimate of drug-likeness (QED) is 0.645. The Hall–Kier alpha value is 0.686. The summed E-state index contributed by atoms with van der Waals surface area (Å²) in [6.07, 6.45) is 8.00. The summed E-state index contributed by atoms with van der Waals surface area (Å²) in [4.78, 5) is 0. The third-order valence-electron chi connectivity index (χ3n) is 4.56. The van der Waals surface area contributed by atoms with E-state index in [-0.39, 0.29) is 25.9 Å². The van der Waals surface area contributed by atoms with Crippen LogP contribution in [0.5, 0.6) is 0 Å². The third kappa shape index (κ3) is 8.78. The maximum atomic E-state index is 3.63. The summed E-state index contributed by atoms with van der Waals surface area (Å²) in [5.41, 5.74) is 1.45. The fourth-order valence-electron chi connectivity index (χ4n) is 4.03. The van der Waals surface area contributed by atoms with Crippen molar-refractivity contribution < 1.29 is 2.85 Å². The fraction of sp³-hybridized carbons (Fsp3) is 1.00. The zero-order valence-corrected chi connectivity index (χ0v) is 17.4. The van der Waals surface area contributed by atoms with E-state index < -0.39 is 0 Å². The van der Waals surface area contributed by atoms with Crippen LogP contribution >= 0.6 is 0 Å². The van der Waals surface area contributed by atoms with Gasteiger partial charge in [0.1, 0.15) is 0 Å². The fourth-order valence-corrected chi connectivity index (χ4v) is 4.03. The Labute approximate surface area is 152 Å². The van der Waals surface area contributed by atoms with Crippen molar-refractivity contribution in [2.45, 2.75) is 116 Å². The van der Waals surface area contributed by atoms with Crippen molar-refractivity contribution in [2.24, 2.45) is 0 Å². The molecule has 2 N–H and O–H groups in total. The number of rotatable bonds is 0. The molecule has 0 amide bonds. The van der Waals surface area contributed by atoms with Gasteiger partial charge in [0.15, 0.2) is 0 Å². The van der Waals surface area contributed by atoms with Crippen molar-refractivity contribution in [3.8, 4) is 0 Å². The summed E-state index contributed by atoms with van der Waals surface area (Å²) in [7, 11) is 0. The first-order valence-electron chi connectivity index (χ1n) is 8.41. The second kappa shape index (κ2) is 7.50. The van der Waals surface area contributed by atoms with Gasteiger partial charge in [0, 0.05) is 22.2 Å². The standard InChI is InChI=1S/2C9H19N.Mg.2H/c2*1-8(2)6-5-7-9(3,4)10-8;;;/h2*10H,5-7H2,1-4H3;;;/q;;+2;2*-1. The molecule has 0 aromatic rings. The third-order valence-corrected chi connectivity index (χ3v) is 4.56. The summed E-state index contributed by atoms with van der Waals surface area (Å²) < 4.78 is 0. The van der Waals surface area contributed by atoms with Gasteiger partial charge in [-0.15, -0.1) is 0 Å². The average molecular weight is 309 g/mol. The predicted molar refractivity (Wildman–Crippen MR) is 98.3 cm³/mol. The molecule has 2 aliphatic rings. The Morgan fingerprint density at radius 3 is 0.810 bits per heavy atom. The van der Waals surface area contributed by atoms with Gasteiger partial charge in [0.05, 0.1) is 0 Å². The van der Waals surface area contributed by atoms with E-state index in [1.54, 1.807) is 0 Å². The molecule has 2 nitrogen and oxygen atoms in total. The first-order chi connectivity index (χ1) is 8.83. The van der Waals surface area contributed by atoms with E-state index in [1.165, 1.54) is 38.5 Å². The van der Waals surface area contributed by atoms with E-state index in [2.05, 4.69) is 66.0 Å². The molecule has 0 unspecified atom stereocenters. The van der Waals surface area contributed by atoms with Crippen molar-refractivity contribution >= 4 is 23.1 Å². The molecule has 0 saturated carbocycles. The van der Waals surface area contributed by atoms with Crippen LogP contribution < -0.4 is 10.6 Å². The molecule has 0 bridgehead atoms. The smallest absolute Gasteiger partial charge is 1.00 e. The molecule has 3 heteroatoms. The van der Waals surface area contributed by atoms with E-state index in [9.17, 15) is 0 Å². The van der Waals surface area contributed by atoms with Gasteiger partial charge in [-0.3, -0.25) is 0 Å². The van der Waals surface area contributed by atoms with Crippen LogP contribution in [0.2, 0.25) is 0 Å². The normalized spacial score (nSPS) is 28.6. The molecular weight excluding hydrogens is 269 g/mol. The predicted octanol–water partition coefficient (Wildman–Crippen LogP) is 4.48. The average Bonchev–Trinajstić information content (AvgIpc) is 2.09. The van der Waals surface area contributed by atoms with Crippen LogP contribution in [-0.4, -0.2) is 45.2 Å². The minimum absolute atomic E-state index is 0. The van der Waals surface area contributed by atoms with Crippen molar-refractivity contribution in [2.75, 3.05) is 0 Å². The zero-order valence-electron chi connectivity index (χ0n) is 17.9. The van der Waals surface area contributed by atoms with E-state index in [0.717, 1.165) is 0 Å². The molecule has 0 atom stereocenters. The largest absolute Gasteiger partial charge is 2.00 e. The maximum Gasteiger partial charge on any atom is 2.00 e. The van der Waals surface area contributed by atoms with E-state index >= 15 is 0 Å². The number of hydrogen-bond donors (Lipinski definition) is 2. The van der Waals surface area contributed by atoms with E-state index in [1.807, 2.05) is 0 Å². The molecule has 0 radical (unpaired) electrons. The van der Waals surface area contributed by atoms with Gasteiger partial charge in [-0.25, -0.2) is 0 Å². The molecule has 2 saturated heterocycles. The minimum Gasteiger partial charge on any atom is -1.00 e. The van der Waals surface area contributed by atoms with Crippen LogP contribution in [0.1, 0.15) is 96.8 Å². The molecule has 21 heavy (non-hydrogen) atoms.